The number of carbonyl (C=O) groups is 3. The van der Waals surface area contributed by atoms with Crippen molar-refractivity contribution < 1.29 is 19.1 Å². The van der Waals surface area contributed by atoms with Crippen LogP contribution in [0.2, 0.25) is 0 Å². The molecule has 4 rings (SSSR count). The highest BCUT2D eigenvalue weighted by atomic mass is 79.9. The summed E-state index contributed by atoms with van der Waals surface area (Å²) in [6, 6.07) is 13.4. The zero-order valence-electron chi connectivity index (χ0n) is 15.2. The van der Waals surface area contributed by atoms with Crippen molar-refractivity contribution in [3.8, 4) is 5.75 Å². The Morgan fingerprint density at radius 3 is 2.46 bits per heavy atom. The zero-order chi connectivity index (χ0) is 19.8. The van der Waals surface area contributed by atoms with Crippen LogP contribution in [-0.4, -0.2) is 17.8 Å². The number of ether oxygens (including phenoxy) is 1. The Labute approximate surface area is 171 Å². The number of anilines is 1. The molecule has 2 atom stereocenters. The monoisotopic (exact) mass is 439 g/mol. The molecule has 5 nitrogen and oxygen atoms in total. The molecule has 1 heterocycles. The van der Waals surface area contributed by atoms with Crippen LogP contribution in [0.3, 0.4) is 0 Å². The number of hydrogen-bond acceptors (Lipinski definition) is 4. The molecule has 1 saturated heterocycles. The fourth-order valence-electron chi connectivity index (χ4n) is 3.75. The Hall–Kier alpha value is -2.73. The van der Waals surface area contributed by atoms with Gasteiger partial charge in [0.2, 0.25) is 11.8 Å². The molecule has 0 radical (unpaired) electrons. The van der Waals surface area contributed by atoms with E-state index in [0.29, 0.717) is 24.1 Å². The summed E-state index contributed by atoms with van der Waals surface area (Å²) >= 11 is 3.33. The molecule has 1 aliphatic heterocycles. The predicted octanol–water partition coefficient (Wildman–Crippen LogP) is 4.51. The van der Waals surface area contributed by atoms with Crippen molar-refractivity contribution >= 4 is 39.4 Å². The van der Waals surface area contributed by atoms with Crippen LogP contribution in [0.1, 0.15) is 30.1 Å². The van der Waals surface area contributed by atoms with Gasteiger partial charge in [-0.15, -0.1) is 0 Å². The van der Waals surface area contributed by atoms with E-state index < -0.39 is 5.97 Å². The Morgan fingerprint density at radius 2 is 1.71 bits per heavy atom. The number of allylic oxidation sites excluding steroid dienone is 2. The van der Waals surface area contributed by atoms with Gasteiger partial charge in [-0.05, 0) is 56.2 Å². The van der Waals surface area contributed by atoms with Gasteiger partial charge in [-0.3, -0.25) is 9.59 Å². The van der Waals surface area contributed by atoms with Crippen LogP contribution in [0.25, 0.3) is 0 Å². The third kappa shape index (κ3) is 3.29. The number of hydrogen-bond donors (Lipinski definition) is 0. The SMILES string of the molecule is CC1=CC[C@H]2C(=O)N(c3ccccc3OC(=O)c3ccc(Br)cc3)C(=O)[C@H]2C1. The number of rotatable bonds is 3. The number of imide groups is 1. The van der Waals surface area contributed by atoms with E-state index in [1.54, 1.807) is 48.5 Å². The molecule has 0 aromatic heterocycles. The Kier molecular flexibility index (Phi) is 4.89. The molecule has 6 heteroatoms. The van der Waals surface area contributed by atoms with Crippen LogP contribution in [0, 0.1) is 11.8 Å². The molecule has 1 fully saturated rings. The summed E-state index contributed by atoms with van der Waals surface area (Å²) in [5.41, 5.74) is 1.82. The van der Waals surface area contributed by atoms with E-state index in [1.165, 1.54) is 4.90 Å². The smallest absolute Gasteiger partial charge is 0.343 e. The van der Waals surface area contributed by atoms with Crippen molar-refractivity contribution in [1.82, 2.24) is 0 Å². The maximum absolute atomic E-state index is 13.0. The topological polar surface area (TPSA) is 63.7 Å². The molecule has 28 heavy (non-hydrogen) atoms. The quantitative estimate of drug-likeness (QED) is 0.305. The zero-order valence-corrected chi connectivity index (χ0v) is 16.8. The molecule has 0 unspecified atom stereocenters. The summed E-state index contributed by atoms with van der Waals surface area (Å²) in [5.74, 6) is -1.49. The highest BCUT2D eigenvalue weighted by Gasteiger charge is 2.49. The van der Waals surface area contributed by atoms with E-state index in [-0.39, 0.29) is 29.4 Å². The van der Waals surface area contributed by atoms with Gasteiger partial charge in [0.05, 0.1) is 23.1 Å². The van der Waals surface area contributed by atoms with Crippen molar-refractivity contribution in [2.45, 2.75) is 19.8 Å². The van der Waals surface area contributed by atoms with Crippen molar-refractivity contribution in [3.05, 3.63) is 70.2 Å². The number of halogens is 1. The number of carbonyl (C=O) groups excluding carboxylic acids is 3. The fraction of sp³-hybridized carbons (Fsp3) is 0.227. The number of fused-ring (bicyclic) bond motifs is 1. The van der Waals surface area contributed by atoms with E-state index in [2.05, 4.69) is 15.9 Å². The summed E-state index contributed by atoms with van der Waals surface area (Å²) in [5, 5.41) is 0. The summed E-state index contributed by atoms with van der Waals surface area (Å²) in [6.45, 7) is 1.98. The maximum atomic E-state index is 13.0. The summed E-state index contributed by atoms with van der Waals surface area (Å²) in [7, 11) is 0. The van der Waals surface area contributed by atoms with Crippen LogP contribution in [0.4, 0.5) is 5.69 Å². The minimum atomic E-state index is -0.547. The molecule has 1 aliphatic carbocycles. The highest BCUT2D eigenvalue weighted by Crippen LogP contribution is 2.42. The number of para-hydroxylation sites is 2. The molecule has 2 amide bonds. The molecule has 0 spiro atoms. The average Bonchev–Trinajstić information content (AvgIpc) is 2.93. The number of benzene rings is 2. The molecule has 0 bridgehead atoms. The Morgan fingerprint density at radius 1 is 1.04 bits per heavy atom. The van der Waals surface area contributed by atoms with E-state index in [0.717, 1.165) is 10.0 Å². The molecular weight excluding hydrogens is 422 g/mol. The van der Waals surface area contributed by atoms with Gasteiger partial charge in [-0.25, -0.2) is 9.69 Å². The van der Waals surface area contributed by atoms with Crippen molar-refractivity contribution in [2.75, 3.05) is 4.90 Å². The summed E-state index contributed by atoms with van der Waals surface area (Å²) < 4.78 is 6.39. The van der Waals surface area contributed by atoms with E-state index in [4.69, 9.17) is 4.74 Å². The normalized spacial score (nSPS) is 21.4. The fourth-order valence-corrected chi connectivity index (χ4v) is 4.01. The van der Waals surface area contributed by atoms with Crippen LogP contribution < -0.4 is 9.64 Å². The molecule has 0 N–H and O–H groups in total. The lowest BCUT2D eigenvalue weighted by Crippen LogP contribution is -2.31. The first-order valence-corrected chi connectivity index (χ1v) is 9.85. The highest BCUT2D eigenvalue weighted by molar-refractivity contribution is 9.10. The van der Waals surface area contributed by atoms with Gasteiger partial charge in [0.25, 0.3) is 0 Å². The third-order valence-electron chi connectivity index (χ3n) is 5.21. The third-order valence-corrected chi connectivity index (χ3v) is 5.74. The second-order valence-corrected chi connectivity index (χ2v) is 7.99. The maximum Gasteiger partial charge on any atom is 0.343 e. The lowest BCUT2D eigenvalue weighted by molar-refractivity contribution is -0.122. The molecule has 0 saturated carbocycles. The lowest BCUT2D eigenvalue weighted by atomic mass is 9.82. The first kappa shape index (κ1) is 18.6. The van der Waals surface area contributed by atoms with E-state index in [9.17, 15) is 14.4 Å². The van der Waals surface area contributed by atoms with Crippen LogP contribution >= 0.6 is 15.9 Å². The van der Waals surface area contributed by atoms with E-state index >= 15 is 0 Å². The van der Waals surface area contributed by atoms with Gasteiger partial charge < -0.3 is 4.74 Å². The standard InChI is InChI=1S/C22H18BrNO4/c1-13-6-11-16-17(12-13)21(26)24(20(16)25)18-4-2-3-5-19(18)28-22(27)14-7-9-15(23)10-8-14/h2-10,16-17H,11-12H2,1H3/t16-,17+/m1/s1. The van der Waals surface area contributed by atoms with Crippen molar-refractivity contribution in [2.24, 2.45) is 11.8 Å². The van der Waals surface area contributed by atoms with Crippen LogP contribution in [-0.2, 0) is 9.59 Å². The van der Waals surface area contributed by atoms with Crippen molar-refractivity contribution in [3.63, 3.8) is 0 Å². The largest absolute Gasteiger partial charge is 0.421 e. The molecule has 142 valence electrons. The van der Waals surface area contributed by atoms with Gasteiger partial charge in [0.15, 0.2) is 5.75 Å². The number of nitrogens with zero attached hydrogens (tertiary/aromatic N) is 1. The summed E-state index contributed by atoms with van der Waals surface area (Å²) in [6.07, 6.45) is 3.18. The van der Waals surface area contributed by atoms with Crippen molar-refractivity contribution in [1.29, 1.82) is 0 Å². The Balaban J connectivity index is 1.63. The molecular formula is C22H18BrNO4. The van der Waals surface area contributed by atoms with Gasteiger partial charge >= 0.3 is 5.97 Å². The van der Waals surface area contributed by atoms with E-state index in [1.807, 2.05) is 13.0 Å². The lowest BCUT2D eigenvalue weighted by Gasteiger charge is -2.19. The second kappa shape index (κ2) is 7.36. The molecule has 2 aromatic rings. The minimum Gasteiger partial charge on any atom is -0.421 e. The van der Waals surface area contributed by atoms with Gasteiger partial charge in [-0.2, -0.15) is 0 Å². The van der Waals surface area contributed by atoms with Gasteiger partial charge in [-0.1, -0.05) is 39.7 Å². The predicted molar refractivity (Wildman–Crippen MR) is 108 cm³/mol. The minimum absolute atomic E-state index is 0.195. The van der Waals surface area contributed by atoms with Crippen LogP contribution in [0.5, 0.6) is 5.75 Å². The summed E-state index contributed by atoms with van der Waals surface area (Å²) in [4.78, 5) is 39.6. The molecule has 2 aromatic carbocycles. The first-order chi connectivity index (χ1) is 13.5. The van der Waals surface area contributed by atoms with Gasteiger partial charge in [0, 0.05) is 4.47 Å². The number of amides is 2. The molecule has 2 aliphatic rings. The van der Waals surface area contributed by atoms with Gasteiger partial charge in [0.1, 0.15) is 0 Å². The van der Waals surface area contributed by atoms with Crippen LogP contribution in [0.15, 0.2) is 64.7 Å². The Bertz CT molecular complexity index is 996. The average molecular weight is 440 g/mol. The number of esters is 1. The first-order valence-electron chi connectivity index (χ1n) is 9.06. The second-order valence-electron chi connectivity index (χ2n) is 7.08.